The molecule has 1 aromatic rings. The number of guanidine groups is 1. The highest BCUT2D eigenvalue weighted by Gasteiger charge is 2.26. The Morgan fingerprint density at radius 2 is 2.20 bits per heavy atom. The van der Waals surface area contributed by atoms with Crippen molar-refractivity contribution >= 4 is 5.96 Å². The van der Waals surface area contributed by atoms with Gasteiger partial charge in [-0.2, -0.15) is 5.10 Å². The summed E-state index contributed by atoms with van der Waals surface area (Å²) in [6.45, 7) is 8.10. The van der Waals surface area contributed by atoms with Crippen LogP contribution in [0.2, 0.25) is 0 Å². The van der Waals surface area contributed by atoms with E-state index in [9.17, 15) is 0 Å². The van der Waals surface area contributed by atoms with E-state index in [-0.39, 0.29) is 6.10 Å². The average Bonchev–Trinajstić information content (AvgIpc) is 3.31. The molecular formula is C18H32N6O. The predicted octanol–water partition coefficient (Wildman–Crippen LogP) is 1.24. The van der Waals surface area contributed by atoms with Gasteiger partial charge in [0.05, 0.1) is 19.3 Å². The highest BCUT2D eigenvalue weighted by molar-refractivity contribution is 5.80. The number of morpholine rings is 1. The fourth-order valence-corrected chi connectivity index (χ4v) is 3.83. The third-order valence-electron chi connectivity index (χ3n) is 5.30. The van der Waals surface area contributed by atoms with Crippen LogP contribution in [0, 0.1) is 0 Å². The minimum absolute atomic E-state index is 0.0570. The standard InChI is InChI=1S/C18H32N6O/c1-4-16(23-7-5-6-8-23)12-20-18(19-2)24-9-10-25-17(14-24)15-11-21-22(3)13-15/h11,13,16-17H,4-10,12,14H2,1-3H3,(H,19,20). The molecular weight excluding hydrogens is 316 g/mol. The third-order valence-corrected chi connectivity index (χ3v) is 5.30. The summed E-state index contributed by atoms with van der Waals surface area (Å²) in [5, 5.41) is 7.87. The molecule has 140 valence electrons. The van der Waals surface area contributed by atoms with Crippen molar-refractivity contribution in [3.8, 4) is 0 Å². The van der Waals surface area contributed by atoms with E-state index < -0.39 is 0 Å². The first kappa shape index (κ1) is 18.2. The van der Waals surface area contributed by atoms with Gasteiger partial charge in [-0.1, -0.05) is 6.92 Å². The average molecular weight is 348 g/mol. The minimum Gasteiger partial charge on any atom is -0.370 e. The molecule has 1 aromatic heterocycles. The monoisotopic (exact) mass is 348 g/mol. The van der Waals surface area contributed by atoms with Gasteiger partial charge >= 0.3 is 0 Å². The lowest BCUT2D eigenvalue weighted by Crippen LogP contribution is -2.51. The van der Waals surface area contributed by atoms with Gasteiger partial charge in [-0.15, -0.1) is 0 Å². The number of ether oxygens (including phenoxy) is 1. The molecule has 7 nitrogen and oxygen atoms in total. The molecule has 0 aliphatic carbocycles. The van der Waals surface area contributed by atoms with Gasteiger partial charge in [0.2, 0.25) is 0 Å². The fourth-order valence-electron chi connectivity index (χ4n) is 3.83. The van der Waals surface area contributed by atoms with E-state index in [0.29, 0.717) is 12.6 Å². The van der Waals surface area contributed by atoms with E-state index in [1.54, 1.807) is 0 Å². The summed E-state index contributed by atoms with van der Waals surface area (Å²) in [5.41, 5.74) is 1.13. The molecule has 0 spiro atoms. The zero-order chi connectivity index (χ0) is 17.6. The summed E-state index contributed by atoms with van der Waals surface area (Å²) in [7, 11) is 3.81. The van der Waals surface area contributed by atoms with Gasteiger partial charge in [-0.05, 0) is 32.4 Å². The van der Waals surface area contributed by atoms with Gasteiger partial charge in [0.15, 0.2) is 5.96 Å². The van der Waals surface area contributed by atoms with Crippen LogP contribution >= 0.6 is 0 Å². The van der Waals surface area contributed by atoms with Crippen molar-refractivity contribution in [1.82, 2.24) is 24.9 Å². The lowest BCUT2D eigenvalue weighted by molar-refractivity contribution is -0.00812. The van der Waals surface area contributed by atoms with Crippen LogP contribution in [0.1, 0.15) is 37.9 Å². The Bertz CT molecular complexity index is 566. The number of likely N-dealkylation sites (tertiary alicyclic amines) is 1. The van der Waals surface area contributed by atoms with E-state index in [4.69, 9.17) is 4.74 Å². The maximum absolute atomic E-state index is 5.94. The van der Waals surface area contributed by atoms with Crippen molar-refractivity contribution in [2.24, 2.45) is 12.0 Å². The van der Waals surface area contributed by atoms with Crippen molar-refractivity contribution in [3.05, 3.63) is 18.0 Å². The van der Waals surface area contributed by atoms with Crippen LogP contribution in [-0.2, 0) is 11.8 Å². The van der Waals surface area contributed by atoms with Gasteiger partial charge in [0.1, 0.15) is 6.10 Å². The highest BCUT2D eigenvalue weighted by atomic mass is 16.5. The van der Waals surface area contributed by atoms with Crippen molar-refractivity contribution in [2.75, 3.05) is 46.4 Å². The number of aryl methyl sites for hydroxylation is 1. The van der Waals surface area contributed by atoms with E-state index >= 15 is 0 Å². The maximum atomic E-state index is 5.94. The summed E-state index contributed by atoms with van der Waals surface area (Å²) < 4.78 is 7.77. The Morgan fingerprint density at radius 1 is 1.40 bits per heavy atom. The molecule has 0 saturated carbocycles. The second-order valence-corrected chi connectivity index (χ2v) is 6.99. The fraction of sp³-hybridized carbons (Fsp3) is 0.778. The highest BCUT2D eigenvalue weighted by Crippen LogP contribution is 2.21. The van der Waals surface area contributed by atoms with Crippen LogP contribution in [-0.4, -0.2) is 78.0 Å². The van der Waals surface area contributed by atoms with Crippen LogP contribution in [0.25, 0.3) is 0 Å². The lowest BCUT2D eigenvalue weighted by atomic mass is 10.1. The lowest BCUT2D eigenvalue weighted by Gasteiger charge is -2.36. The second-order valence-electron chi connectivity index (χ2n) is 6.99. The summed E-state index contributed by atoms with van der Waals surface area (Å²) in [6, 6.07) is 0.592. The summed E-state index contributed by atoms with van der Waals surface area (Å²) in [6.07, 6.45) is 7.82. The predicted molar refractivity (Wildman–Crippen MR) is 99.7 cm³/mol. The van der Waals surface area contributed by atoms with Gasteiger partial charge in [-0.3, -0.25) is 14.6 Å². The van der Waals surface area contributed by atoms with Crippen molar-refractivity contribution in [3.63, 3.8) is 0 Å². The van der Waals surface area contributed by atoms with Crippen LogP contribution in [0.15, 0.2) is 17.4 Å². The molecule has 2 fully saturated rings. The summed E-state index contributed by atoms with van der Waals surface area (Å²) in [4.78, 5) is 9.43. The van der Waals surface area contributed by atoms with Gasteiger partial charge in [-0.25, -0.2) is 0 Å². The molecule has 2 saturated heterocycles. The number of aromatic nitrogens is 2. The quantitative estimate of drug-likeness (QED) is 0.641. The third kappa shape index (κ3) is 4.52. The molecule has 2 unspecified atom stereocenters. The van der Waals surface area contributed by atoms with E-state index in [2.05, 4.69) is 32.1 Å². The molecule has 2 aliphatic rings. The molecule has 0 radical (unpaired) electrons. The number of nitrogens with one attached hydrogen (secondary N) is 1. The number of hydrogen-bond acceptors (Lipinski definition) is 4. The first-order valence-corrected chi connectivity index (χ1v) is 9.51. The molecule has 1 N–H and O–H groups in total. The second kappa shape index (κ2) is 8.67. The summed E-state index contributed by atoms with van der Waals surface area (Å²) in [5.74, 6) is 0.981. The number of hydrogen-bond donors (Lipinski definition) is 1. The van der Waals surface area contributed by atoms with Gasteiger partial charge in [0.25, 0.3) is 0 Å². The van der Waals surface area contributed by atoms with Gasteiger partial charge in [0, 0.05) is 45.0 Å². The van der Waals surface area contributed by atoms with E-state index in [1.165, 1.54) is 32.4 Å². The Kier molecular flexibility index (Phi) is 6.31. The van der Waals surface area contributed by atoms with Crippen LogP contribution < -0.4 is 5.32 Å². The molecule has 2 atom stereocenters. The largest absolute Gasteiger partial charge is 0.370 e. The zero-order valence-corrected chi connectivity index (χ0v) is 15.8. The Labute approximate surface area is 151 Å². The molecule has 7 heteroatoms. The maximum Gasteiger partial charge on any atom is 0.193 e. The topological polar surface area (TPSA) is 57.9 Å². The van der Waals surface area contributed by atoms with E-state index in [0.717, 1.165) is 31.2 Å². The molecule has 0 aromatic carbocycles. The SMILES string of the molecule is CCC(CNC(=NC)N1CCOC(c2cnn(C)c2)C1)N1CCCC1. The first-order valence-electron chi connectivity index (χ1n) is 9.51. The number of nitrogens with zero attached hydrogens (tertiary/aromatic N) is 5. The van der Waals surface area contributed by atoms with Crippen LogP contribution in [0.3, 0.4) is 0 Å². The van der Waals surface area contributed by atoms with Crippen LogP contribution in [0.5, 0.6) is 0 Å². The van der Waals surface area contributed by atoms with Crippen molar-refractivity contribution < 1.29 is 4.74 Å². The molecule has 3 heterocycles. The Morgan fingerprint density at radius 3 is 2.84 bits per heavy atom. The Hall–Kier alpha value is -1.60. The van der Waals surface area contributed by atoms with Crippen molar-refractivity contribution in [1.29, 1.82) is 0 Å². The zero-order valence-electron chi connectivity index (χ0n) is 15.8. The molecule has 2 aliphatic heterocycles. The molecule has 3 rings (SSSR count). The van der Waals surface area contributed by atoms with Crippen LogP contribution in [0.4, 0.5) is 0 Å². The molecule has 0 amide bonds. The number of rotatable bonds is 5. The van der Waals surface area contributed by atoms with E-state index in [1.807, 2.05) is 31.2 Å². The molecule has 0 bridgehead atoms. The summed E-state index contributed by atoms with van der Waals surface area (Å²) >= 11 is 0. The minimum atomic E-state index is 0.0570. The smallest absolute Gasteiger partial charge is 0.193 e. The first-order chi connectivity index (χ1) is 12.2. The molecule has 25 heavy (non-hydrogen) atoms. The number of aliphatic imine (C=N–C) groups is 1. The Balaban J connectivity index is 1.56. The normalized spacial score (nSPS) is 23.9. The van der Waals surface area contributed by atoms with Gasteiger partial charge < -0.3 is 15.0 Å². The van der Waals surface area contributed by atoms with Crippen molar-refractivity contribution in [2.45, 2.75) is 38.3 Å².